The van der Waals surface area contributed by atoms with Gasteiger partial charge in [-0.1, -0.05) is 90.1 Å². The largest absolute Gasteiger partial charge is 0.494 e. The molecule has 0 saturated carbocycles. The van der Waals surface area contributed by atoms with Gasteiger partial charge in [0, 0.05) is 24.3 Å². The fourth-order valence-electron chi connectivity index (χ4n) is 5.73. The van der Waals surface area contributed by atoms with Crippen LogP contribution in [0.2, 0.25) is 0 Å². The number of methoxy groups -OCH3 is 1. The molecular formula is C44H58N2O5. The molecule has 0 aromatic heterocycles. The van der Waals surface area contributed by atoms with E-state index in [9.17, 15) is 4.79 Å². The molecule has 4 rings (SSSR count). The summed E-state index contributed by atoms with van der Waals surface area (Å²) < 4.78 is 23.8. The topological polar surface area (TPSA) is 69.3 Å². The molecule has 0 atom stereocenters. The summed E-state index contributed by atoms with van der Waals surface area (Å²) in [7, 11) is 1.63. The lowest BCUT2D eigenvalue weighted by Crippen LogP contribution is -2.35. The number of carbonyl (C=O) groups excluding carboxylic acids is 1. The summed E-state index contributed by atoms with van der Waals surface area (Å²) >= 11 is 0. The number of benzene rings is 4. The van der Waals surface area contributed by atoms with Crippen LogP contribution in [0.1, 0.15) is 96.4 Å². The van der Waals surface area contributed by atoms with Crippen molar-refractivity contribution in [3.8, 4) is 23.0 Å². The lowest BCUT2D eigenvalue weighted by atomic mass is 9.76. The van der Waals surface area contributed by atoms with Crippen LogP contribution in [0.25, 0.3) is 0 Å². The molecule has 0 saturated heterocycles. The number of ether oxygens (including phenoxy) is 4. The second-order valence-corrected chi connectivity index (χ2v) is 14.3. The third kappa shape index (κ3) is 11.2. The van der Waals surface area contributed by atoms with Crippen molar-refractivity contribution in [2.45, 2.75) is 98.1 Å². The van der Waals surface area contributed by atoms with Crippen molar-refractivity contribution in [2.75, 3.05) is 32.2 Å². The fourth-order valence-corrected chi connectivity index (χ4v) is 5.73. The molecule has 2 amide bonds. The number of amides is 2. The van der Waals surface area contributed by atoms with Crippen LogP contribution in [0.15, 0.2) is 91.0 Å². The first-order chi connectivity index (χ1) is 24.5. The summed E-state index contributed by atoms with van der Waals surface area (Å²) in [5.41, 5.74) is 5.41. The average molecular weight is 695 g/mol. The number of nitrogens with zero attached hydrogens (tertiary/aromatic N) is 1. The summed E-state index contributed by atoms with van der Waals surface area (Å²) in [5, 5.41) is 3.08. The third-order valence-electron chi connectivity index (χ3n) is 9.88. The molecule has 0 aliphatic heterocycles. The number of carbonyl (C=O) groups is 1. The van der Waals surface area contributed by atoms with Crippen LogP contribution in [0, 0.1) is 0 Å². The minimum atomic E-state index is -0.177. The van der Waals surface area contributed by atoms with Crippen molar-refractivity contribution in [3.63, 3.8) is 0 Å². The maximum Gasteiger partial charge on any atom is 0.322 e. The summed E-state index contributed by atoms with van der Waals surface area (Å²) in [6.45, 7) is 18.1. The lowest BCUT2D eigenvalue weighted by Gasteiger charge is -2.30. The average Bonchev–Trinajstić information content (AvgIpc) is 3.14. The summed E-state index contributed by atoms with van der Waals surface area (Å²) in [6.07, 6.45) is 3.66. The van der Waals surface area contributed by atoms with Crippen LogP contribution in [-0.4, -0.2) is 37.8 Å². The van der Waals surface area contributed by atoms with Crippen molar-refractivity contribution in [2.24, 2.45) is 0 Å². The van der Waals surface area contributed by atoms with E-state index in [1.165, 1.54) is 11.1 Å². The van der Waals surface area contributed by atoms with Crippen molar-refractivity contribution in [1.82, 2.24) is 4.90 Å². The minimum Gasteiger partial charge on any atom is -0.494 e. The van der Waals surface area contributed by atoms with Gasteiger partial charge >= 0.3 is 6.03 Å². The fraction of sp³-hybridized carbons (Fsp3) is 0.432. The van der Waals surface area contributed by atoms with E-state index in [0.717, 1.165) is 48.3 Å². The van der Waals surface area contributed by atoms with E-state index in [1.807, 2.05) is 84.6 Å². The van der Waals surface area contributed by atoms with Crippen molar-refractivity contribution < 1.29 is 23.7 Å². The Morgan fingerprint density at radius 1 is 0.706 bits per heavy atom. The van der Waals surface area contributed by atoms with Crippen molar-refractivity contribution >= 4 is 11.7 Å². The SMILES string of the molecule is CCOc1ccc(NC(=O)N(CCCCOc2ccc(C(C)(C)CC)cc2C(C)(C)CC)Cc2ccc(OC)c(OCc3ccccc3)c2)cc1. The van der Waals surface area contributed by atoms with E-state index in [4.69, 9.17) is 18.9 Å². The number of urea groups is 1. The molecule has 0 aliphatic rings. The van der Waals surface area contributed by atoms with E-state index in [1.54, 1.807) is 7.11 Å². The highest BCUT2D eigenvalue weighted by Gasteiger charge is 2.26. The molecule has 4 aromatic carbocycles. The Hall–Kier alpha value is -4.65. The van der Waals surface area contributed by atoms with E-state index in [-0.39, 0.29) is 16.9 Å². The highest BCUT2D eigenvalue weighted by Crippen LogP contribution is 2.38. The highest BCUT2D eigenvalue weighted by atomic mass is 16.5. The van der Waals surface area contributed by atoms with Crippen molar-refractivity contribution in [1.29, 1.82) is 0 Å². The van der Waals surface area contributed by atoms with Gasteiger partial charge in [-0.25, -0.2) is 4.79 Å². The Morgan fingerprint density at radius 2 is 1.41 bits per heavy atom. The summed E-state index contributed by atoms with van der Waals surface area (Å²) in [4.78, 5) is 15.6. The number of hydrogen-bond acceptors (Lipinski definition) is 5. The number of hydrogen-bond donors (Lipinski definition) is 1. The van der Waals surface area contributed by atoms with E-state index in [0.29, 0.717) is 50.1 Å². The first-order valence-corrected chi connectivity index (χ1v) is 18.4. The second-order valence-electron chi connectivity index (χ2n) is 14.3. The Balaban J connectivity index is 1.47. The van der Waals surface area contributed by atoms with Crippen LogP contribution < -0.4 is 24.3 Å². The molecule has 0 aliphatic carbocycles. The quantitative estimate of drug-likeness (QED) is 0.0990. The summed E-state index contributed by atoms with van der Waals surface area (Å²) in [6, 6.07) is 29.9. The highest BCUT2D eigenvalue weighted by molar-refractivity contribution is 5.89. The molecule has 7 heteroatoms. The Kier molecular flexibility index (Phi) is 14.2. The molecule has 0 fully saturated rings. The predicted octanol–water partition coefficient (Wildman–Crippen LogP) is 10.9. The van der Waals surface area contributed by atoms with Gasteiger partial charge in [-0.2, -0.15) is 0 Å². The van der Waals surface area contributed by atoms with Gasteiger partial charge in [0.15, 0.2) is 11.5 Å². The maximum atomic E-state index is 13.8. The molecule has 274 valence electrons. The third-order valence-corrected chi connectivity index (χ3v) is 9.88. The lowest BCUT2D eigenvalue weighted by molar-refractivity contribution is 0.205. The molecular weight excluding hydrogens is 636 g/mol. The summed E-state index contributed by atoms with van der Waals surface area (Å²) in [5.74, 6) is 3.00. The molecule has 0 bridgehead atoms. The number of anilines is 1. The maximum absolute atomic E-state index is 13.8. The van der Waals surface area contributed by atoms with Gasteiger partial charge in [0.25, 0.3) is 0 Å². The van der Waals surface area contributed by atoms with Crippen LogP contribution in [0.3, 0.4) is 0 Å². The first-order valence-electron chi connectivity index (χ1n) is 18.4. The van der Waals surface area contributed by atoms with Crippen LogP contribution >= 0.6 is 0 Å². The Bertz CT molecular complexity index is 1670. The molecule has 1 N–H and O–H groups in total. The predicted molar refractivity (Wildman–Crippen MR) is 209 cm³/mol. The smallest absolute Gasteiger partial charge is 0.322 e. The zero-order valence-electron chi connectivity index (χ0n) is 32.0. The van der Waals surface area contributed by atoms with Crippen LogP contribution in [-0.2, 0) is 24.0 Å². The van der Waals surface area contributed by atoms with E-state index >= 15 is 0 Å². The van der Waals surface area contributed by atoms with Gasteiger partial charge in [0.05, 0.1) is 20.3 Å². The molecule has 7 nitrogen and oxygen atoms in total. The normalized spacial score (nSPS) is 11.5. The second kappa shape index (κ2) is 18.5. The van der Waals surface area contributed by atoms with Crippen molar-refractivity contribution in [3.05, 3.63) is 113 Å². The molecule has 51 heavy (non-hydrogen) atoms. The number of unbranched alkanes of at least 4 members (excludes halogenated alkanes) is 1. The zero-order valence-corrected chi connectivity index (χ0v) is 32.0. The minimum absolute atomic E-state index is 0.00700. The number of nitrogens with one attached hydrogen (secondary N) is 1. The molecule has 0 heterocycles. The van der Waals surface area contributed by atoms with Gasteiger partial charge in [-0.15, -0.1) is 0 Å². The number of rotatable bonds is 19. The first kappa shape index (κ1) is 39.1. The van der Waals surface area contributed by atoms with Crippen LogP contribution in [0.4, 0.5) is 10.5 Å². The molecule has 0 radical (unpaired) electrons. The van der Waals surface area contributed by atoms with Gasteiger partial charge in [-0.3, -0.25) is 0 Å². The standard InChI is InChI=1S/C44H58N2O5/c1-9-43(4,5)35-20-26-39(38(30-35)44(6,7)10-2)50-28-16-15-27-46(42(47)45-36-21-23-37(24-22-36)49-11-3)31-34-19-25-40(48-8)41(29-34)51-32-33-17-13-12-14-18-33/h12-14,17-26,29-30H,9-11,15-16,27-28,31-32H2,1-8H3,(H,45,47). The molecule has 4 aromatic rings. The Morgan fingerprint density at radius 3 is 2.08 bits per heavy atom. The van der Waals surface area contributed by atoms with Gasteiger partial charge in [-0.05, 0) is 103 Å². The van der Waals surface area contributed by atoms with E-state index < -0.39 is 0 Å². The van der Waals surface area contributed by atoms with E-state index in [2.05, 4.69) is 65.1 Å². The molecule has 0 unspecified atom stereocenters. The zero-order chi connectivity index (χ0) is 36.9. The van der Waals surface area contributed by atoms with Crippen LogP contribution in [0.5, 0.6) is 23.0 Å². The van der Waals surface area contributed by atoms with Gasteiger partial charge < -0.3 is 29.2 Å². The monoisotopic (exact) mass is 694 g/mol. The van der Waals surface area contributed by atoms with Gasteiger partial charge in [0.2, 0.25) is 0 Å². The van der Waals surface area contributed by atoms with Gasteiger partial charge in [0.1, 0.15) is 18.1 Å². The Labute approximate surface area is 306 Å². The molecule has 0 spiro atoms.